The maximum atomic E-state index is 12.7. The minimum absolute atomic E-state index is 0.0907. The van der Waals surface area contributed by atoms with E-state index in [-0.39, 0.29) is 5.43 Å². The lowest BCUT2D eigenvalue weighted by Gasteiger charge is -2.08. The van der Waals surface area contributed by atoms with Gasteiger partial charge in [0.2, 0.25) is 5.43 Å². The van der Waals surface area contributed by atoms with Gasteiger partial charge in [-0.2, -0.15) is 0 Å². The Morgan fingerprint density at radius 2 is 1.90 bits per heavy atom. The summed E-state index contributed by atoms with van der Waals surface area (Å²) >= 11 is 0. The molecule has 0 saturated heterocycles. The van der Waals surface area contributed by atoms with Crippen molar-refractivity contribution in [2.45, 2.75) is 33.1 Å². The van der Waals surface area contributed by atoms with Crippen molar-refractivity contribution in [2.24, 2.45) is 0 Å². The predicted octanol–water partition coefficient (Wildman–Crippen LogP) is 4.60. The van der Waals surface area contributed by atoms with Crippen molar-refractivity contribution < 1.29 is 4.42 Å². The third-order valence-electron chi connectivity index (χ3n) is 3.71. The maximum absolute atomic E-state index is 12.7. The maximum Gasteiger partial charge on any atom is 0.200 e. The number of benzene rings is 2. The number of fused-ring (bicyclic) bond motifs is 2. The van der Waals surface area contributed by atoms with E-state index in [1.807, 2.05) is 37.3 Å². The van der Waals surface area contributed by atoms with Gasteiger partial charge in [-0.1, -0.05) is 31.5 Å². The summed E-state index contributed by atoms with van der Waals surface area (Å²) in [5.74, 6) is 0. The van der Waals surface area contributed by atoms with E-state index in [0.29, 0.717) is 16.6 Å². The molecular weight excluding hydrogens is 248 g/mol. The molecule has 0 saturated carbocycles. The van der Waals surface area contributed by atoms with Gasteiger partial charge >= 0.3 is 0 Å². The quantitative estimate of drug-likeness (QED) is 0.649. The monoisotopic (exact) mass is 266 g/mol. The van der Waals surface area contributed by atoms with E-state index in [2.05, 4.69) is 13.0 Å². The van der Waals surface area contributed by atoms with Crippen LogP contribution in [0.15, 0.2) is 45.6 Å². The lowest BCUT2D eigenvalue weighted by molar-refractivity contribution is 0.658. The summed E-state index contributed by atoms with van der Waals surface area (Å²) in [6.07, 6.45) is 3.14. The van der Waals surface area contributed by atoms with Crippen molar-refractivity contribution >= 4 is 21.9 Å². The fourth-order valence-corrected chi connectivity index (χ4v) is 2.72. The van der Waals surface area contributed by atoms with Crippen molar-refractivity contribution in [3.8, 4) is 0 Å². The average molecular weight is 266 g/mol. The Hall–Kier alpha value is -2.09. The first-order valence-corrected chi connectivity index (χ1v) is 7.16. The number of para-hydroxylation sites is 1. The van der Waals surface area contributed by atoms with Gasteiger partial charge in [0, 0.05) is 0 Å². The molecule has 1 aromatic heterocycles. The summed E-state index contributed by atoms with van der Waals surface area (Å²) in [6.45, 7) is 4.21. The van der Waals surface area contributed by atoms with Crippen LogP contribution in [0.2, 0.25) is 0 Å². The highest BCUT2D eigenvalue weighted by molar-refractivity contribution is 5.91. The molecule has 0 bridgehead atoms. The smallest absolute Gasteiger partial charge is 0.200 e. The van der Waals surface area contributed by atoms with Gasteiger partial charge in [0.05, 0.1) is 10.8 Å². The van der Waals surface area contributed by atoms with E-state index < -0.39 is 0 Å². The molecule has 0 radical (unpaired) electrons. The molecule has 3 rings (SSSR count). The summed E-state index contributed by atoms with van der Waals surface area (Å²) in [5.41, 5.74) is 3.72. The van der Waals surface area contributed by atoms with Crippen LogP contribution in [-0.4, -0.2) is 0 Å². The van der Waals surface area contributed by atoms with E-state index in [9.17, 15) is 4.79 Å². The van der Waals surface area contributed by atoms with Gasteiger partial charge in [-0.25, -0.2) is 0 Å². The minimum atomic E-state index is 0.0907. The summed E-state index contributed by atoms with van der Waals surface area (Å²) in [6, 6.07) is 11.5. The highest BCUT2D eigenvalue weighted by atomic mass is 16.3. The fourth-order valence-electron chi connectivity index (χ4n) is 2.72. The van der Waals surface area contributed by atoms with E-state index >= 15 is 0 Å². The van der Waals surface area contributed by atoms with E-state index in [1.54, 1.807) is 0 Å². The zero-order chi connectivity index (χ0) is 14.1. The van der Waals surface area contributed by atoms with Crippen LogP contribution < -0.4 is 5.43 Å². The molecule has 20 heavy (non-hydrogen) atoms. The molecule has 2 nitrogen and oxygen atoms in total. The van der Waals surface area contributed by atoms with Gasteiger partial charge in [0.15, 0.2) is 0 Å². The summed E-state index contributed by atoms with van der Waals surface area (Å²) in [5, 5.41) is 1.42. The van der Waals surface area contributed by atoms with Gasteiger partial charge in [0.1, 0.15) is 11.2 Å². The second-order valence-corrected chi connectivity index (χ2v) is 5.33. The second-order valence-electron chi connectivity index (χ2n) is 5.33. The number of rotatable bonds is 3. The normalized spacial score (nSPS) is 11.3. The molecule has 0 aliphatic rings. The Kier molecular flexibility index (Phi) is 3.31. The van der Waals surface area contributed by atoms with Gasteiger partial charge in [-0.3, -0.25) is 4.79 Å². The van der Waals surface area contributed by atoms with E-state index in [1.165, 1.54) is 0 Å². The second kappa shape index (κ2) is 5.12. The predicted molar refractivity (Wildman–Crippen MR) is 83.3 cm³/mol. The van der Waals surface area contributed by atoms with Gasteiger partial charge in [-0.05, 0) is 49.1 Å². The third kappa shape index (κ3) is 2.11. The van der Waals surface area contributed by atoms with Crippen LogP contribution in [0.5, 0.6) is 0 Å². The SMILES string of the molecule is CCCCc1cc(C)cc2oc3ccccc3c(=O)c12. The van der Waals surface area contributed by atoms with Crippen molar-refractivity contribution in [2.75, 3.05) is 0 Å². The van der Waals surface area contributed by atoms with E-state index in [4.69, 9.17) is 4.42 Å². The van der Waals surface area contributed by atoms with Gasteiger partial charge in [-0.15, -0.1) is 0 Å². The Bertz CT molecular complexity index is 828. The highest BCUT2D eigenvalue weighted by Crippen LogP contribution is 2.24. The van der Waals surface area contributed by atoms with Crippen LogP contribution in [0.3, 0.4) is 0 Å². The Morgan fingerprint density at radius 3 is 2.70 bits per heavy atom. The van der Waals surface area contributed by atoms with Crippen molar-refractivity contribution in [1.29, 1.82) is 0 Å². The summed E-state index contributed by atoms with van der Waals surface area (Å²) in [7, 11) is 0. The number of hydrogen-bond donors (Lipinski definition) is 0. The summed E-state index contributed by atoms with van der Waals surface area (Å²) in [4.78, 5) is 12.7. The lowest BCUT2D eigenvalue weighted by Crippen LogP contribution is -2.05. The Labute approximate surface area is 118 Å². The van der Waals surface area contributed by atoms with Gasteiger partial charge < -0.3 is 4.42 Å². The molecule has 0 atom stereocenters. The van der Waals surface area contributed by atoms with Crippen LogP contribution in [-0.2, 0) is 6.42 Å². The average Bonchev–Trinajstić information content (AvgIpc) is 2.44. The first-order chi connectivity index (χ1) is 9.70. The van der Waals surface area contributed by atoms with Crippen molar-refractivity contribution in [1.82, 2.24) is 0 Å². The number of aryl methyl sites for hydroxylation is 2. The van der Waals surface area contributed by atoms with Crippen LogP contribution in [0, 0.1) is 6.92 Å². The molecule has 2 aromatic carbocycles. The molecular formula is C18H18O2. The first-order valence-electron chi connectivity index (χ1n) is 7.16. The molecule has 0 unspecified atom stereocenters. The Morgan fingerprint density at radius 1 is 1.10 bits per heavy atom. The molecule has 102 valence electrons. The van der Waals surface area contributed by atoms with E-state index in [0.717, 1.165) is 35.8 Å². The zero-order valence-electron chi connectivity index (χ0n) is 11.9. The molecule has 0 aliphatic carbocycles. The van der Waals surface area contributed by atoms with Crippen LogP contribution in [0.4, 0.5) is 0 Å². The van der Waals surface area contributed by atoms with Gasteiger partial charge in [0.25, 0.3) is 0 Å². The Balaban J connectivity index is 2.39. The first kappa shape index (κ1) is 12.9. The van der Waals surface area contributed by atoms with Crippen LogP contribution >= 0.6 is 0 Å². The minimum Gasteiger partial charge on any atom is -0.456 e. The zero-order valence-corrected chi connectivity index (χ0v) is 11.9. The third-order valence-corrected chi connectivity index (χ3v) is 3.71. The highest BCUT2D eigenvalue weighted by Gasteiger charge is 2.11. The molecule has 0 fully saturated rings. The molecule has 1 heterocycles. The largest absolute Gasteiger partial charge is 0.456 e. The van der Waals surface area contributed by atoms with Crippen molar-refractivity contribution in [3.05, 3.63) is 57.7 Å². The van der Waals surface area contributed by atoms with Crippen LogP contribution in [0.1, 0.15) is 30.9 Å². The molecule has 3 aromatic rings. The lowest BCUT2D eigenvalue weighted by atomic mass is 9.99. The topological polar surface area (TPSA) is 30.2 Å². The fraction of sp³-hybridized carbons (Fsp3) is 0.278. The molecule has 2 heteroatoms. The molecule has 0 aliphatic heterocycles. The standard InChI is InChI=1S/C18H18O2/c1-3-4-7-13-10-12(2)11-16-17(13)18(19)14-8-5-6-9-15(14)20-16/h5-6,8-11H,3-4,7H2,1-2H3. The van der Waals surface area contributed by atoms with Crippen LogP contribution in [0.25, 0.3) is 21.9 Å². The summed E-state index contributed by atoms with van der Waals surface area (Å²) < 4.78 is 5.93. The number of hydrogen-bond acceptors (Lipinski definition) is 2. The molecule has 0 amide bonds. The molecule has 0 spiro atoms. The van der Waals surface area contributed by atoms with Crippen molar-refractivity contribution in [3.63, 3.8) is 0 Å². The molecule has 0 N–H and O–H groups in total. The number of unbranched alkanes of at least 4 members (excludes halogenated alkanes) is 1.